The smallest absolute Gasteiger partial charge is 0.423 e. The Morgan fingerprint density at radius 2 is 1.77 bits per heavy atom. The van der Waals surface area contributed by atoms with E-state index in [0.29, 0.717) is 29.0 Å². The second-order valence-corrected chi connectivity index (χ2v) is 8.44. The van der Waals surface area contributed by atoms with Crippen LogP contribution < -0.4 is 10.9 Å². The molecule has 0 radical (unpaired) electrons. The van der Waals surface area contributed by atoms with Crippen molar-refractivity contribution >= 4 is 24.4 Å². The molecule has 0 saturated heterocycles. The minimum absolute atomic E-state index is 0.0322. The molecule has 31 heavy (non-hydrogen) atoms. The molecule has 8 nitrogen and oxygen atoms in total. The number of hydrazine groups is 1. The Hall–Kier alpha value is -2.78. The van der Waals surface area contributed by atoms with Crippen LogP contribution in [0.3, 0.4) is 0 Å². The van der Waals surface area contributed by atoms with E-state index in [1.54, 1.807) is 38.1 Å². The van der Waals surface area contributed by atoms with Gasteiger partial charge in [-0.1, -0.05) is 40.7 Å². The molecular weight excluding hydrogens is 395 g/mol. The van der Waals surface area contributed by atoms with Gasteiger partial charge in [0.25, 0.3) is 5.91 Å². The van der Waals surface area contributed by atoms with Gasteiger partial charge in [0.1, 0.15) is 0 Å². The minimum Gasteiger partial charge on any atom is -0.423 e. The van der Waals surface area contributed by atoms with Crippen molar-refractivity contribution in [2.24, 2.45) is 5.41 Å². The lowest BCUT2D eigenvalue weighted by Crippen LogP contribution is -2.50. The highest BCUT2D eigenvalue weighted by Crippen LogP contribution is 2.17. The van der Waals surface area contributed by atoms with Gasteiger partial charge in [0.15, 0.2) is 0 Å². The van der Waals surface area contributed by atoms with E-state index in [1.165, 1.54) is 5.01 Å². The molecule has 0 atom stereocenters. The van der Waals surface area contributed by atoms with E-state index in [0.717, 1.165) is 5.56 Å². The van der Waals surface area contributed by atoms with E-state index in [1.807, 2.05) is 34.6 Å². The van der Waals surface area contributed by atoms with E-state index in [4.69, 9.17) is 4.65 Å². The van der Waals surface area contributed by atoms with Crippen LogP contribution in [0.5, 0.6) is 0 Å². The summed E-state index contributed by atoms with van der Waals surface area (Å²) in [5, 5.41) is 11.1. The number of aromatic nitrogens is 2. The van der Waals surface area contributed by atoms with Crippen molar-refractivity contribution in [3.63, 3.8) is 0 Å². The lowest BCUT2D eigenvalue weighted by Gasteiger charge is -2.29. The fourth-order valence-electron chi connectivity index (χ4n) is 3.12. The van der Waals surface area contributed by atoms with Crippen LogP contribution >= 0.6 is 0 Å². The number of hydrogen-bond acceptors (Lipinski definition) is 6. The van der Waals surface area contributed by atoms with Crippen LogP contribution in [-0.4, -0.2) is 45.5 Å². The highest BCUT2D eigenvalue weighted by Gasteiger charge is 2.30. The Labute approximate surface area is 184 Å². The van der Waals surface area contributed by atoms with Gasteiger partial charge in [-0.3, -0.25) is 15.0 Å². The molecule has 0 unspecified atom stereocenters. The molecule has 2 amide bonds. The third kappa shape index (κ3) is 6.35. The van der Waals surface area contributed by atoms with Crippen LogP contribution in [0.15, 0.2) is 24.3 Å². The number of carbonyl (C=O) groups excluding carboxylic acids is 2. The third-order valence-electron chi connectivity index (χ3n) is 4.36. The predicted molar refractivity (Wildman–Crippen MR) is 120 cm³/mol. The molecule has 0 bridgehead atoms. The number of rotatable bonds is 3. The van der Waals surface area contributed by atoms with Crippen molar-refractivity contribution in [2.45, 2.75) is 55.1 Å². The number of hydrogen-bond donors (Lipinski definition) is 2. The second-order valence-electron chi connectivity index (χ2n) is 8.44. The van der Waals surface area contributed by atoms with Crippen LogP contribution in [0.2, 0.25) is 0 Å². The van der Waals surface area contributed by atoms with E-state index in [9.17, 15) is 14.6 Å². The van der Waals surface area contributed by atoms with Gasteiger partial charge in [-0.25, -0.2) is 15.0 Å². The SMILES string of the molecule is CC.Cc1cc(C)nc(C(=O)N(CC(C)(C)C)NC(=O)c2ccc3c(c2)B(O)OC3)n1. The molecule has 3 rings (SSSR count). The molecular formula is C22H31BN4O4. The molecule has 166 valence electrons. The molecule has 0 spiro atoms. The summed E-state index contributed by atoms with van der Waals surface area (Å²) in [6.45, 7) is 14.0. The van der Waals surface area contributed by atoms with Gasteiger partial charge in [-0.05, 0) is 48.5 Å². The third-order valence-corrected chi connectivity index (χ3v) is 4.36. The van der Waals surface area contributed by atoms with Crippen LogP contribution in [0.25, 0.3) is 0 Å². The van der Waals surface area contributed by atoms with Crippen molar-refractivity contribution in [1.29, 1.82) is 0 Å². The van der Waals surface area contributed by atoms with Crippen molar-refractivity contribution < 1.29 is 19.3 Å². The van der Waals surface area contributed by atoms with E-state index in [-0.39, 0.29) is 17.8 Å². The summed E-state index contributed by atoms with van der Waals surface area (Å²) in [7, 11) is -1.05. The minimum atomic E-state index is -1.05. The van der Waals surface area contributed by atoms with Gasteiger partial charge < -0.3 is 9.68 Å². The molecule has 1 aliphatic heterocycles. The number of nitrogens with one attached hydrogen (secondary N) is 1. The fraction of sp³-hybridized carbons (Fsp3) is 0.455. The van der Waals surface area contributed by atoms with Gasteiger partial charge >= 0.3 is 13.0 Å². The highest BCUT2D eigenvalue weighted by molar-refractivity contribution is 6.61. The lowest BCUT2D eigenvalue weighted by molar-refractivity contribution is 0.0499. The van der Waals surface area contributed by atoms with Crippen molar-refractivity contribution in [3.8, 4) is 0 Å². The predicted octanol–water partition coefficient (Wildman–Crippen LogP) is 2.17. The van der Waals surface area contributed by atoms with Gasteiger partial charge in [-0.2, -0.15) is 0 Å². The molecule has 0 saturated carbocycles. The van der Waals surface area contributed by atoms with Crippen LogP contribution in [0.4, 0.5) is 0 Å². The first-order valence-electron chi connectivity index (χ1n) is 10.4. The molecule has 9 heteroatoms. The van der Waals surface area contributed by atoms with Crippen LogP contribution in [0, 0.1) is 19.3 Å². The molecule has 1 aliphatic rings. The average Bonchev–Trinajstić information content (AvgIpc) is 3.07. The summed E-state index contributed by atoms with van der Waals surface area (Å²) in [4.78, 5) is 34.3. The Morgan fingerprint density at radius 3 is 2.35 bits per heavy atom. The van der Waals surface area contributed by atoms with Gasteiger partial charge in [-0.15, -0.1) is 0 Å². The van der Waals surface area contributed by atoms with Gasteiger partial charge in [0, 0.05) is 23.5 Å². The summed E-state index contributed by atoms with van der Waals surface area (Å²) in [6, 6.07) is 6.74. The van der Waals surface area contributed by atoms with E-state index >= 15 is 0 Å². The maximum Gasteiger partial charge on any atom is 0.491 e. The van der Waals surface area contributed by atoms with Crippen molar-refractivity contribution in [1.82, 2.24) is 20.4 Å². The van der Waals surface area contributed by atoms with Gasteiger partial charge in [0.2, 0.25) is 5.82 Å². The Balaban J connectivity index is 0.00000166. The molecule has 1 aromatic carbocycles. The number of aryl methyl sites for hydroxylation is 2. The first-order valence-corrected chi connectivity index (χ1v) is 10.4. The monoisotopic (exact) mass is 426 g/mol. The average molecular weight is 426 g/mol. The molecule has 0 aliphatic carbocycles. The summed E-state index contributed by atoms with van der Waals surface area (Å²) in [5.74, 6) is -0.914. The summed E-state index contributed by atoms with van der Waals surface area (Å²) < 4.78 is 5.17. The number of amides is 2. The maximum absolute atomic E-state index is 13.1. The summed E-state index contributed by atoms with van der Waals surface area (Å²) >= 11 is 0. The van der Waals surface area contributed by atoms with Gasteiger partial charge in [0.05, 0.1) is 6.61 Å². The molecule has 2 aromatic rings. The van der Waals surface area contributed by atoms with Crippen LogP contribution in [-0.2, 0) is 11.3 Å². The zero-order valence-corrected chi connectivity index (χ0v) is 19.3. The van der Waals surface area contributed by atoms with E-state index < -0.39 is 18.9 Å². The normalized spacial score (nSPS) is 12.6. The highest BCUT2D eigenvalue weighted by atomic mass is 16.5. The lowest BCUT2D eigenvalue weighted by atomic mass is 9.79. The number of carbonyl (C=O) groups is 2. The van der Waals surface area contributed by atoms with E-state index in [2.05, 4.69) is 15.4 Å². The number of fused-ring (bicyclic) bond motifs is 1. The standard InChI is InChI=1S/C20H25BN4O4.C2H6/c1-12-8-13(2)23-17(22-12)19(27)25(11-20(3,4)5)24-18(26)14-6-7-15-10-29-21(28)16(15)9-14;1-2/h6-9,28H,10-11H2,1-5H3,(H,24,26);1-2H3. The Morgan fingerprint density at radius 1 is 1.16 bits per heavy atom. The molecule has 2 N–H and O–H groups in total. The Bertz CT molecular complexity index is 939. The topological polar surface area (TPSA) is 105 Å². The van der Waals surface area contributed by atoms with Crippen molar-refractivity contribution in [2.75, 3.05) is 6.54 Å². The maximum atomic E-state index is 13.1. The zero-order chi connectivity index (χ0) is 23.3. The zero-order valence-electron chi connectivity index (χ0n) is 19.3. The quantitative estimate of drug-likeness (QED) is 0.576. The summed E-state index contributed by atoms with van der Waals surface area (Å²) in [6.07, 6.45) is 0. The fourth-order valence-corrected chi connectivity index (χ4v) is 3.12. The number of benzene rings is 1. The Kier molecular flexibility index (Phi) is 7.92. The van der Waals surface area contributed by atoms with Crippen molar-refractivity contribution in [3.05, 3.63) is 52.6 Å². The number of nitrogens with zero attached hydrogens (tertiary/aromatic N) is 3. The largest absolute Gasteiger partial charge is 0.491 e. The first kappa shape index (κ1) is 24.5. The van der Waals surface area contributed by atoms with Crippen LogP contribution in [0.1, 0.15) is 72.5 Å². The molecule has 1 aromatic heterocycles. The first-order chi connectivity index (χ1) is 14.5. The molecule has 0 fully saturated rings. The second kappa shape index (κ2) is 10.0. The molecule has 2 heterocycles. The summed E-state index contributed by atoms with van der Waals surface area (Å²) in [5.41, 5.74) is 5.47.